The number of benzene rings is 2. The van der Waals surface area contributed by atoms with E-state index in [4.69, 9.17) is 21.8 Å². The minimum Gasteiger partial charge on any atom is -0.453 e. The van der Waals surface area contributed by atoms with Gasteiger partial charge in [0.1, 0.15) is 11.3 Å². The highest BCUT2D eigenvalue weighted by Gasteiger charge is 2.15. The van der Waals surface area contributed by atoms with Crippen molar-refractivity contribution in [3.05, 3.63) is 46.7 Å². The lowest BCUT2D eigenvalue weighted by Crippen LogP contribution is -2.20. The summed E-state index contributed by atoms with van der Waals surface area (Å²) < 4.78 is 31.4. The molecule has 114 valence electrons. The molecule has 22 heavy (non-hydrogen) atoms. The van der Waals surface area contributed by atoms with Crippen LogP contribution in [0.3, 0.4) is 0 Å². The van der Waals surface area contributed by atoms with Gasteiger partial charge in [-0.3, -0.25) is 9.00 Å². The van der Waals surface area contributed by atoms with Gasteiger partial charge in [-0.15, -0.1) is 0 Å². The van der Waals surface area contributed by atoms with Crippen LogP contribution < -0.4 is 5.73 Å². The smallest absolute Gasteiger partial charge is 0.230 e. The third-order valence-corrected chi connectivity index (χ3v) is 4.67. The van der Waals surface area contributed by atoms with Gasteiger partial charge < -0.3 is 10.2 Å². The van der Waals surface area contributed by atoms with E-state index in [1.807, 2.05) is 0 Å². The average Bonchev–Trinajstić information content (AvgIpc) is 2.76. The number of rotatable bonds is 4. The van der Waals surface area contributed by atoms with E-state index < -0.39 is 22.5 Å². The maximum atomic E-state index is 14.2. The lowest BCUT2D eigenvalue weighted by Gasteiger charge is -2.02. The van der Waals surface area contributed by atoms with Crippen LogP contribution in [0.2, 0.25) is 5.02 Å². The fourth-order valence-corrected chi connectivity index (χ4v) is 3.47. The van der Waals surface area contributed by atoms with Crippen LogP contribution in [0.15, 0.2) is 34.7 Å². The van der Waals surface area contributed by atoms with Gasteiger partial charge in [-0.2, -0.15) is 0 Å². The molecule has 0 saturated carbocycles. The summed E-state index contributed by atoms with van der Waals surface area (Å²) in [6.45, 7) is 0. The van der Waals surface area contributed by atoms with Gasteiger partial charge in [0.25, 0.3) is 0 Å². The first-order valence-corrected chi connectivity index (χ1v) is 8.24. The van der Waals surface area contributed by atoms with Gasteiger partial charge in [0.05, 0.1) is 0 Å². The molecule has 4 nitrogen and oxygen atoms in total. The van der Waals surface area contributed by atoms with E-state index >= 15 is 0 Å². The molecule has 0 spiro atoms. The Labute approximate surface area is 132 Å². The zero-order valence-corrected chi connectivity index (χ0v) is 12.8. The maximum absolute atomic E-state index is 14.2. The molecule has 0 aliphatic carbocycles. The second-order valence-electron chi connectivity index (χ2n) is 4.89. The highest BCUT2D eigenvalue weighted by molar-refractivity contribution is 7.84. The van der Waals surface area contributed by atoms with Crippen LogP contribution in [0.25, 0.3) is 21.9 Å². The summed E-state index contributed by atoms with van der Waals surface area (Å²) >= 11 is 5.96. The first kappa shape index (κ1) is 15.0. The molecule has 1 heterocycles. The lowest BCUT2D eigenvalue weighted by atomic mass is 10.1. The normalized spacial score (nSPS) is 12.8. The Hall–Kier alpha value is -1.92. The monoisotopic (exact) mass is 339 g/mol. The summed E-state index contributed by atoms with van der Waals surface area (Å²) in [4.78, 5) is 10.8. The Balaban J connectivity index is 2.10. The van der Waals surface area contributed by atoms with Gasteiger partial charge in [-0.05, 0) is 35.9 Å². The molecular weight excluding hydrogens is 329 g/mol. The standard InChI is InChI=1S/C15H11ClFNO3S/c16-9-1-2-13-10(5-9)11-3-8(4-12(17)15(11)21-13)6-22(20)7-14(18)19/h1-5H,6-7H2,(H2,18,19). The molecule has 0 saturated heterocycles. The molecule has 1 unspecified atom stereocenters. The van der Waals surface area contributed by atoms with Crippen molar-refractivity contribution in [2.24, 2.45) is 5.73 Å². The predicted molar refractivity (Wildman–Crippen MR) is 84.6 cm³/mol. The Kier molecular flexibility index (Phi) is 3.88. The number of hydrogen-bond donors (Lipinski definition) is 1. The highest BCUT2D eigenvalue weighted by Crippen LogP contribution is 2.33. The number of nitrogens with two attached hydrogens (primary N) is 1. The summed E-state index contributed by atoms with van der Waals surface area (Å²) in [5.41, 5.74) is 6.16. The number of carbonyl (C=O) groups is 1. The summed E-state index contributed by atoms with van der Waals surface area (Å²) in [6.07, 6.45) is 0. The third kappa shape index (κ3) is 2.84. The van der Waals surface area contributed by atoms with E-state index in [0.717, 1.165) is 0 Å². The van der Waals surface area contributed by atoms with E-state index in [0.29, 0.717) is 26.9 Å². The average molecular weight is 340 g/mol. The van der Waals surface area contributed by atoms with Gasteiger partial charge in [0.2, 0.25) is 5.91 Å². The zero-order chi connectivity index (χ0) is 15.9. The van der Waals surface area contributed by atoms with Crippen molar-refractivity contribution < 1.29 is 17.8 Å². The largest absolute Gasteiger partial charge is 0.453 e. The summed E-state index contributed by atoms with van der Waals surface area (Å²) in [5.74, 6) is -1.41. The first-order valence-electron chi connectivity index (χ1n) is 6.37. The second kappa shape index (κ2) is 5.70. The van der Waals surface area contributed by atoms with Crippen LogP contribution in [0.1, 0.15) is 5.56 Å². The molecule has 1 aromatic heterocycles. The van der Waals surface area contributed by atoms with Crippen molar-refractivity contribution in [1.82, 2.24) is 0 Å². The fourth-order valence-electron chi connectivity index (χ4n) is 2.34. The summed E-state index contributed by atoms with van der Waals surface area (Å²) in [5, 5.41) is 1.76. The Morgan fingerprint density at radius 1 is 1.27 bits per heavy atom. The molecule has 1 atom stereocenters. The Bertz CT molecular complexity index is 922. The van der Waals surface area contributed by atoms with Gasteiger partial charge in [0.15, 0.2) is 11.4 Å². The van der Waals surface area contributed by atoms with Gasteiger partial charge >= 0.3 is 0 Å². The molecule has 0 bridgehead atoms. The SMILES string of the molecule is NC(=O)CS(=O)Cc1cc(F)c2oc3ccc(Cl)cc3c2c1. The van der Waals surface area contributed by atoms with Crippen molar-refractivity contribution in [2.45, 2.75) is 5.75 Å². The van der Waals surface area contributed by atoms with Gasteiger partial charge in [0, 0.05) is 32.3 Å². The summed E-state index contributed by atoms with van der Waals surface area (Å²) in [6, 6.07) is 7.96. The van der Waals surface area contributed by atoms with E-state index in [2.05, 4.69) is 0 Å². The van der Waals surface area contributed by atoms with Crippen LogP contribution in [-0.2, 0) is 21.3 Å². The summed E-state index contributed by atoms with van der Waals surface area (Å²) in [7, 11) is -1.48. The Morgan fingerprint density at radius 2 is 2.05 bits per heavy atom. The molecule has 0 aliphatic rings. The Morgan fingerprint density at radius 3 is 2.77 bits per heavy atom. The number of carbonyl (C=O) groups excluding carboxylic acids is 1. The van der Waals surface area contributed by atoms with Crippen LogP contribution in [-0.4, -0.2) is 15.9 Å². The third-order valence-electron chi connectivity index (χ3n) is 3.18. The van der Waals surface area contributed by atoms with E-state index in [9.17, 15) is 13.4 Å². The van der Waals surface area contributed by atoms with Crippen LogP contribution in [0.5, 0.6) is 0 Å². The fraction of sp³-hybridized carbons (Fsp3) is 0.133. The van der Waals surface area contributed by atoms with E-state index in [1.54, 1.807) is 24.3 Å². The topological polar surface area (TPSA) is 73.3 Å². The lowest BCUT2D eigenvalue weighted by molar-refractivity contribution is -0.115. The molecule has 1 amide bonds. The number of amides is 1. The quantitative estimate of drug-likeness (QED) is 0.793. The predicted octanol–water partition coefficient (Wildman–Crippen LogP) is 3.11. The molecule has 2 N–H and O–H groups in total. The molecule has 0 aliphatic heterocycles. The maximum Gasteiger partial charge on any atom is 0.230 e. The number of hydrogen-bond acceptors (Lipinski definition) is 3. The van der Waals surface area contributed by atoms with Crippen molar-refractivity contribution in [3.63, 3.8) is 0 Å². The van der Waals surface area contributed by atoms with Gasteiger partial charge in [-0.1, -0.05) is 11.6 Å². The van der Waals surface area contributed by atoms with E-state index in [1.165, 1.54) is 6.07 Å². The van der Waals surface area contributed by atoms with Crippen molar-refractivity contribution in [3.8, 4) is 0 Å². The number of primary amides is 1. The van der Waals surface area contributed by atoms with Crippen molar-refractivity contribution in [2.75, 3.05) is 5.75 Å². The van der Waals surface area contributed by atoms with Crippen molar-refractivity contribution >= 4 is 50.2 Å². The first-order chi connectivity index (χ1) is 10.4. The molecule has 7 heteroatoms. The zero-order valence-electron chi connectivity index (χ0n) is 11.3. The highest BCUT2D eigenvalue weighted by atomic mass is 35.5. The second-order valence-corrected chi connectivity index (χ2v) is 6.79. The van der Waals surface area contributed by atoms with Gasteiger partial charge in [-0.25, -0.2) is 4.39 Å². The molecule has 2 aromatic carbocycles. The number of furan rings is 1. The van der Waals surface area contributed by atoms with Crippen LogP contribution in [0.4, 0.5) is 4.39 Å². The number of fused-ring (bicyclic) bond motifs is 3. The molecular formula is C15H11ClFNO3S. The molecule has 0 fully saturated rings. The van der Waals surface area contributed by atoms with Crippen molar-refractivity contribution in [1.29, 1.82) is 0 Å². The van der Waals surface area contributed by atoms with Crippen LogP contribution >= 0.6 is 11.6 Å². The van der Waals surface area contributed by atoms with E-state index in [-0.39, 0.29) is 17.1 Å². The molecule has 0 radical (unpaired) electrons. The molecule has 3 rings (SSSR count). The number of halogens is 2. The molecule has 3 aromatic rings. The van der Waals surface area contributed by atoms with Crippen LogP contribution in [0, 0.1) is 5.82 Å². The minimum absolute atomic E-state index is 0.0447. The minimum atomic E-state index is -1.48.